The Bertz CT molecular complexity index is 969. The summed E-state index contributed by atoms with van der Waals surface area (Å²) in [6.07, 6.45) is 10.3. The van der Waals surface area contributed by atoms with Crippen LogP contribution in [-0.4, -0.2) is 6.29 Å². The van der Waals surface area contributed by atoms with Crippen molar-refractivity contribution in [3.8, 4) is 0 Å². The van der Waals surface area contributed by atoms with Crippen LogP contribution in [0.5, 0.6) is 0 Å². The lowest BCUT2D eigenvalue weighted by molar-refractivity contribution is 0.112. The first-order chi connectivity index (χ1) is 12.3. The molecule has 3 saturated carbocycles. The van der Waals surface area contributed by atoms with Gasteiger partial charge in [-0.1, -0.05) is 42.5 Å². The minimum Gasteiger partial charge on any atom is -0.298 e. The average Bonchev–Trinajstić information content (AvgIpc) is 3.42. The summed E-state index contributed by atoms with van der Waals surface area (Å²) in [5.41, 5.74) is 4.02. The summed E-state index contributed by atoms with van der Waals surface area (Å²) in [7, 11) is 0. The number of carbonyl (C=O) groups is 1. The first-order valence-corrected chi connectivity index (χ1v) is 10.0. The van der Waals surface area contributed by atoms with E-state index in [1.807, 2.05) is 12.1 Å². The zero-order valence-electron chi connectivity index (χ0n) is 14.3. The minimum atomic E-state index is 0.721. The van der Waals surface area contributed by atoms with Crippen molar-refractivity contribution in [2.45, 2.75) is 25.2 Å². The highest BCUT2D eigenvalue weighted by atomic mass is 16.1. The number of hydrogen-bond donors (Lipinski definition) is 0. The highest BCUT2D eigenvalue weighted by Gasteiger charge is 2.66. The molecule has 0 saturated heterocycles. The summed E-state index contributed by atoms with van der Waals surface area (Å²) >= 11 is 0. The molecule has 0 aliphatic heterocycles. The van der Waals surface area contributed by atoms with Crippen LogP contribution in [0.4, 0.5) is 0 Å². The van der Waals surface area contributed by atoms with Crippen molar-refractivity contribution in [2.24, 2.45) is 41.4 Å². The Morgan fingerprint density at radius 1 is 0.880 bits per heavy atom. The molecule has 0 radical (unpaired) electrons. The average molecular weight is 326 g/mol. The van der Waals surface area contributed by atoms with Crippen molar-refractivity contribution in [3.63, 3.8) is 0 Å². The van der Waals surface area contributed by atoms with Crippen molar-refractivity contribution in [1.29, 1.82) is 0 Å². The molecule has 4 bridgehead atoms. The second-order valence-electron chi connectivity index (χ2n) is 9.26. The molecule has 7 rings (SSSR count). The molecule has 0 amide bonds. The van der Waals surface area contributed by atoms with Crippen LogP contribution in [0.2, 0.25) is 0 Å². The summed E-state index contributed by atoms with van der Waals surface area (Å²) in [5, 5.41) is 2.54. The lowest BCUT2D eigenvalue weighted by Gasteiger charge is -2.39. The molecule has 1 heteroatoms. The van der Waals surface area contributed by atoms with Gasteiger partial charge in [-0.3, -0.25) is 4.79 Å². The Kier molecular flexibility index (Phi) is 2.27. The molecule has 5 aliphatic carbocycles. The topological polar surface area (TPSA) is 17.1 Å². The quantitative estimate of drug-likeness (QED) is 0.410. The summed E-state index contributed by atoms with van der Waals surface area (Å²) in [6, 6.07) is 10.8. The summed E-state index contributed by atoms with van der Waals surface area (Å²) in [6.45, 7) is 0. The van der Waals surface area contributed by atoms with Crippen LogP contribution in [0.1, 0.15) is 40.2 Å². The molecule has 8 atom stereocenters. The Morgan fingerprint density at radius 2 is 1.72 bits per heavy atom. The van der Waals surface area contributed by atoms with E-state index in [1.165, 1.54) is 30.0 Å². The van der Waals surface area contributed by atoms with Crippen LogP contribution < -0.4 is 0 Å². The van der Waals surface area contributed by atoms with E-state index in [0.717, 1.165) is 59.2 Å². The molecule has 5 aliphatic rings. The molecule has 25 heavy (non-hydrogen) atoms. The number of aldehydes is 1. The molecule has 8 unspecified atom stereocenters. The van der Waals surface area contributed by atoms with Crippen molar-refractivity contribution < 1.29 is 4.79 Å². The normalized spacial score (nSPS) is 44.3. The van der Waals surface area contributed by atoms with Crippen molar-refractivity contribution in [3.05, 3.63) is 59.2 Å². The van der Waals surface area contributed by atoms with Gasteiger partial charge >= 0.3 is 0 Å². The second-order valence-corrected chi connectivity index (χ2v) is 9.26. The van der Waals surface area contributed by atoms with Gasteiger partial charge in [-0.05, 0) is 88.5 Å². The predicted octanol–water partition coefficient (Wildman–Crippen LogP) is 5.00. The molecule has 1 nitrogen and oxygen atoms in total. The number of rotatable bonds is 1. The van der Waals surface area contributed by atoms with E-state index in [2.05, 4.69) is 30.4 Å². The maximum Gasteiger partial charge on any atom is 0.150 e. The maximum atomic E-state index is 11.7. The van der Waals surface area contributed by atoms with E-state index in [1.54, 1.807) is 11.1 Å². The molecule has 0 spiro atoms. The summed E-state index contributed by atoms with van der Waals surface area (Å²) in [5.74, 6) is 7.03. The van der Waals surface area contributed by atoms with Gasteiger partial charge in [0.1, 0.15) is 0 Å². The van der Waals surface area contributed by atoms with Crippen LogP contribution in [0, 0.1) is 41.4 Å². The molecular formula is C24H22O. The summed E-state index contributed by atoms with van der Waals surface area (Å²) < 4.78 is 0. The number of benzene rings is 2. The van der Waals surface area contributed by atoms with Crippen molar-refractivity contribution in [2.75, 3.05) is 0 Å². The molecular weight excluding hydrogens is 304 g/mol. The standard InChI is InChI=1S/C24H22O/c25-11-16-3-1-2-12-4-5-15-9-17-18-10-19(24(17)23(15)20(12)16)22-14-7-6-13(8-14)21(18)22/h1-7,11,13-14,17-19,21-22,24H,8-10H2. The lowest BCUT2D eigenvalue weighted by Crippen LogP contribution is -2.34. The fraction of sp³-hybridized carbons (Fsp3) is 0.458. The third-order valence-corrected chi connectivity index (χ3v) is 8.71. The van der Waals surface area contributed by atoms with Crippen LogP contribution in [0.3, 0.4) is 0 Å². The second kappa shape index (κ2) is 4.26. The monoisotopic (exact) mass is 326 g/mol. The van der Waals surface area contributed by atoms with Crippen LogP contribution >= 0.6 is 0 Å². The van der Waals surface area contributed by atoms with E-state index in [4.69, 9.17) is 0 Å². The van der Waals surface area contributed by atoms with Gasteiger partial charge in [0.05, 0.1) is 0 Å². The smallest absolute Gasteiger partial charge is 0.150 e. The maximum absolute atomic E-state index is 11.7. The Hall–Kier alpha value is -1.89. The van der Waals surface area contributed by atoms with Gasteiger partial charge in [-0.2, -0.15) is 0 Å². The van der Waals surface area contributed by atoms with E-state index in [0.29, 0.717) is 0 Å². The fourth-order valence-electron chi connectivity index (χ4n) is 8.26. The van der Waals surface area contributed by atoms with E-state index >= 15 is 0 Å². The van der Waals surface area contributed by atoms with E-state index in [9.17, 15) is 4.79 Å². The molecule has 124 valence electrons. The van der Waals surface area contributed by atoms with Crippen LogP contribution in [0.15, 0.2) is 42.5 Å². The number of allylic oxidation sites excluding steroid dienone is 2. The molecule has 0 heterocycles. The molecule has 2 aromatic rings. The van der Waals surface area contributed by atoms with Gasteiger partial charge in [-0.25, -0.2) is 0 Å². The number of hydrogen-bond acceptors (Lipinski definition) is 1. The van der Waals surface area contributed by atoms with Gasteiger partial charge in [0.2, 0.25) is 0 Å². The molecule has 2 aromatic carbocycles. The van der Waals surface area contributed by atoms with Gasteiger partial charge < -0.3 is 0 Å². The van der Waals surface area contributed by atoms with E-state index in [-0.39, 0.29) is 0 Å². The third-order valence-electron chi connectivity index (χ3n) is 8.71. The molecule has 0 N–H and O–H groups in total. The van der Waals surface area contributed by atoms with Gasteiger partial charge in [0.15, 0.2) is 6.29 Å². The van der Waals surface area contributed by atoms with Gasteiger partial charge in [0.25, 0.3) is 0 Å². The molecule has 3 fully saturated rings. The largest absolute Gasteiger partial charge is 0.298 e. The number of carbonyl (C=O) groups excluding carboxylic acids is 1. The fourth-order valence-corrected chi connectivity index (χ4v) is 8.26. The SMILES string of the molecule is O=Cc1cccc2ccc3c(c12)C1C(C3)C2CC1C1C3C=CC(C3)C21. The highest BCUT2D eigenvalue weighted by Crippen LogP contribution is 2.73. The van der Waals surface area contributed by atoms with Crippen LogP contribution in [0.25, 0.3) is 10.8 Å². The summed E-state index contributed by atoms with van der Waals surface area (Å²) in [4.78, 5) is 11.7. The zero-order chi connectivity index (χ0) is 16.3. The Balaban J connectivity index is 1.46. The van der Waals surface area contributed by atoms with Crippen LogP contribution in [-0.2, 0) is 6.42 Å². The van der Waals surface area contributed by atoms with Gasteiger partial charge in [0, 0.05) is 5.56 Å². The van der Waals surface area contributed by atoms with Crippen molar-refractivity contribution in [1.82, 2.24) is 0 Å². The highest BCUT2D eigenvalue weighted by molar-refractivity contribution is 6.01. The van der Waals surface area contributed by atoms with Crippen molar-refractivity contribution >= 4 is 17.1 Å². The Morgan fingerprint density at radius 3 is 2.56 bits per heavy atom. The molecule has 0 aromatic heterocycles. The first kappa shape index (κ1) is 13.3. The predicted molar refractivity (Wildman–Crippen MR) is 98.6 cm³/mol. The third kappa shape index (κ3) is 1.39. The number of fused-ring (bicyclic) bond motifs is 16. The zero-order valence-corrected chi connectivity index (χ0v) is 14.3. The minimum absolute atomic E-state index is 0.721. The first-order valence-electron chi connectivity index (χ1n) is 10.0. The van der Waals surface area contributed by atoms with E-state index < -0.39 is 0 Å². The van der Waals surface area contributed by atoms with Gasteiger partial charge in [-0.15, -0.1) is 0 Å². The lowest BCUT2D eigenvalue weighted by atomic mass is 9.65. The Labute approximate surface area is 148 Å².